The third-order valence-corrected chi connectivity index (χ3v) is 5.47. The van der Waals surface area contributed by atoms with Crippen LogP contribution in [0.15, 0.2) is 31.6 Å². The Hall–Kier alpha value is -0.740. The summed E-state index contributed by atoms with van der Waals surface area (Å²) in [5, 5.41) is 2.74. The van der Waals surface area contributed by atoms with Crippen LogP contribution in [-0.2, 0) is 23.0 Å². The number of aromatic nitrogens is 1. The quantitative estimate of drug-likeness (QED) is 0.807. The van der Waals surface area contributed by atoms with Gasteiger partial charge in [-0.25, -0.2) is 18.1 Å². The molecule has 2 aromatic heterocycles. The maximum absolute atomic E-state index is 12.1. The van der Waals surface area contributed by atoms with Crippen LogP contribution in [0, 0.1) is 0 Å². The van der Waals surface area contributed by atoms with E-state index in [9.17, 15) is 8.42 Å². The van der Waals surface area contributed by atoms with Crippen LogP contribution >= 0.6 is 27.3 Å². The summed E-state index contributed by atoms with van der Waals surface area (Å²) in [6.07, 6.45) is 2.24. The van der Waals surface area contributed by atoms with Crippen molar-refractivity contribution in [1.82, 2.24) is 9.71 Å². The Morgan fingerprint density at radius 3 is 2.89 bits per heavy atom. The molecule has 0 aliphatic carbocycles. The standard InChI is InChI=1S/C10H12BrN3O3S2/c11-10-8(5-7(6-12)17-10)19(15,16)14-2-1-9-13-3-4-18-9/h3-5,14H,1-2,6,12H2. The minimum Gasteiger partial charge on any atom is -0.452 e. The average Bonchev–Trinajstić information content (AvgIpc) is 2.98. The first-order valence-corrected chi connectivity index (χ1v) is 8.55. The van der Waals surface area contributed by atoms with Crippen molar-refractivity contribution in [2.75, 3.05) is 6.54 Å². The minimum absolute atomic E-state index is 0.0621. The molecule has 6 nitrogen and oxygen atoms in total. The van der Waals surface area contributed by atoms with Crippen LogP contribution in [0.2, 0.25) is 0 Å². The first-order valence-electron chi connectivity index (χ1n) is 5.39. The van der Waals surface area contributed by atoms with Crippen molar-refractivity contribution >= 4 is 37.3 Å². The number of furan rings is 1. The number of halogens is 1. The normalized spacial score (nSPS) is 11.9. The molecule has 0 saturated heterocycles. The number of thiazole rings is 1. The number of rotatable bonds is 6. The number of nitrogens with two attached hydrogens (primary N) is 1. The molecular weight excluding hydrogens is 354 g/mol. The van der Waals surface area contributed by atoms with E-state index < -0.39 is 10.0 Å². The van der Waals surface area contributed by atoms with Crippen molar-refractivity contribution in [2.24, 2.45) is 5.73 Å². The van der Waals surface area contributed by atoms with E-state index in [0.29, 0.717) is 12.2 Å². The summed E-state index contributed by atoms with van der Waals surface area (Å²) in [4.78, 5) is 4.14. The van der Waals surface area contributed by atoms with Crippen molar-refractivity contribution in [1.29, 1.82) is 0 Å². The molecule has 2 aromatic rings. The van der Waals surface area contributed by atoms with Gasteiger partial charge in [-0.2, -0.15) is 0 Å². The second kappa shape index (κ2) is 6.14. The van der Waals surface area contributed by atoms with Crippen molar-refractivity contribution < 1.29 is 12.8 Å². The molecule has 0 radical (unpaired) electrons. The molecule has 0 amide bonds. The van der Waals surface area contributed by atoms with Gasteiger partial charge in [0.1, 0.15) is 10.7 Å². The summed E-state index contributed by atoms with van der Waals surface area (Å²) in [6, 6.07) is 1.41. The zero-order valence-corrected chi connectivity index (χ0v) is 13.0. The molecule has 0 aliphatic rings. The minimum atomic E-state index is -3.60. The Morgan fingerprint density at radius 1 is 1.53 bits per heavy atom. The summed E-state index contributed by atoms with van der Waals surface area (Å²) in [5.41, 5.74) is 5.40. The Labute approximate surface area is 123 Å². The highest BCUT2D eigenvalue weighted by atomic mass is 79.9. The lowest BCUT2D eigenvalue weighted by Gasteiger charge is -2.03. The summed E-state index contributed by atoms with van der Waals surface area (Å²) in [5.74, 6) is 0.409. The molecule has 0 aromatic carbocycles. The average molecular weight is 366 g/mol. The molecule has 0 saturated carbocycles. The second-order valence-electron chi connectivity index (χ2n) is 3.63. The number of hydrogen-bond donors (Lipinski definition) is 2. The number of nitrogens with zero attached hydrogens (tertiary/aromatic N) is 1. The van der Waals surface area contributed by atoms with Crippen LogP contribution in [0.25, 0.3) is 0 Å². The Kier molecular flexibility index (Phi) is 4.74. The zero-order valence-electron chi connectivity index (χ0n) is 9.80. The summed E-state index contributed by atoms with van der Waals surface area (Å²) in [7, 11) is -3.60. The molecule has 0 fully saturated rings. The first-order chi connectivity index (χ1) is 9.03. The fraction of sp³-hybridized carbons (Fsp3) is 0.300. The van der Waals surface area contributed by atoms with E-state index in [0.717, 1.165) is 5.01 Å². The third-order valence-electron chi connectivity index (χ3n) is 2.31. The van der Waals surface area contributed by atoms with Crippen LogP contribution < -0.4 is 10.5 Å². The molecule has 0 spiro atoms. The van der Waals surface area contributed by atoms with Crippen LogP contribution in [0.4, 0.5) is 0 Å². The largest absolute Gasteiger partial charge is 0.452 e. The molecule has 0 atom stereocenters. The number of hydrogen-bond acceptors (Lipinski definition) is 6. The van der Waals surface area contributed by atoms with Crippen LogP contribution in [0.1, 0.15) is 10.8 Å². The lowest BCUT2D eigenvalue weighted by molar-refractivity contribution is 0.483. The van der Waals surface area contributed by atoms with Crippen LogP contribution in [0.5, 0.6) is 0 Å². The van der Waals surface area contributed by atoms with Gasteiger partial charge in [-0.05, 0) is 15.9 Å². The smallest absolute Gasteiger partial charge is 0.244 e. The molecule has 104 valence electrons. The van der Waals surface area contributed by atoms with Gasteiger partial charge in [0.15, 0.2) is 4.67 Å². The summed E-state index contributed by atoms with van der Waals surface area (Å²) in [6.45, 7) is 0.429. The maximum atomic E-state index is 12.1. The fourth-order valence-corrected chi connectivity index (χ4v) is 4.08. The molecule has 9 heteroatoms. The predicted molar refractivity (Wildman–Crippen MR) is 75.3 cm³/mol. The lowest BCUT2D eigenvalue weighted by atomic mass is 10.5. The van der Waals surface area contributed by atoms with E-state index in [1.165, 1.54) is 17.4 Å². The zero-order chi connectivity index (χ0) is 13.9. The molecule has 2 heterocycles. The highest BCUT2D eigenvalue weighted by Gasteiger charge is 2.21. The Balaban J connectivity index is 2.03. The summed E-state index contributed by atoms with van der Waals surface area (Å²) >= 11 is 4.56. The van der Waals surface area contributed by atoms with Gasteiger partial charge in [-0.1, -0.05) is 0 Å². The van der Waals surface area contributed by atoms with Gasteiger partial charge in [-0.3, -0.25) is 0 Å². The third kappa shape index (κ3) is 3.63. The highest BCUT2D eigenvalue weighted by molar-refractivity contribution is 9.10. The van der Waals surface area contributed by atoms with E-state index in [4.69, 9.17) is 10.2 Å². The van der Waals surface area contributed by atoms with Gasteiger partial charge in [0.05, 0.1) is 11.6 Å². The van der Waals surface area contributed by atoms with Gasteiger partial charge in [-0.15, -0.1) is 11.3 Å². The van der Waals surface area contributed by atoms with E-state index in [2.05, 4.69) is 25.6 Å². The number of sulfonamides is 1. The van der Waals surface area contributed by atoms with E-state index in [-0.39, 0.29) is 22.7 Å². The molecule has 2 rings (SSSR count). The first kappa shape index (κ1) is 14.7. The Bertz CT molecular complexity index is 637. The van der Waals surface area contributed by atoms with Crippen molar-refractivity contribution in [3.8, 4) is 0 Å². The monoisotopic (exact) mass is 365 g/mol. The molecule has 3 N–H and O–H groups in total. The van der Waals surface area contributed by atoms with E-state index >= 15 is 0 Å². The molecule has 19 heavy (non-hydrogen) atoms. The van der Waals surface area contributed by atoms with Gasteiger partial charge >= 0.3 is 0 Å². The highest BCUT2D eigenvalue weighted by Crippen LogP contribution is 2.25. The van der Waals surface area contributed by atoms with Gasteiger partial charge in [0.2, 0.25) is 10.0 Å². The molecular formula is C10H12BrN3O3S2. The van der Waals surface area contributed by atoms with E-state index in [1.54, 1.807) is 6.20 Å². The molecule has 0 bridgehead atoms. The van der Waals surface area contributed by atoms with Gasteiger partial charge < -0.3 is 10.2 Å². The second-order valence-corrected chi connectivity index (χ2v) is 7.06. The van der Waals surface area contributed by atoms with Crippen LogP contribution in [0.3, 0.4) is 0 Å². The SMILES string of the molecule is NCc1cc(S(=O)(=O)NCCc2nccs2)c(Br)o1. The summed E-state index contributed by atoms with van der Waals surface area (Å²) < 4.78 is 31.9. The maximum Gasteiger partial charge on any atom is 0.244 e. The van der Waals surface area contributed by atoms with Crippen LogP contribution in [-0.4, -0.2) is 19.9 Å². The number of nitrogens with one attached hydrogen (secondary N) is 1. The van der Waals surface area contributed by atoms with Gasteiger partial charge in [0, 0.05) is 30.6 Å². The molecule has 0 unspecified atom stereocenters. The predicted octanol–water partition coefficient (Wildman–Crippen LogP) is 1.48. The van der Waals surface area contributed by atoms with Crippen molar-refractivity contribution in [2.45, 2.75) is 17.9 Å². The van der Waals surface area contributed by atoms with Gasteiger partial charge in [0.25, 0.3) is 0 Å². The fourth-order valence-electron chi connectivity index (χ4n) is 1.43. The van der Waals surface area contributed by atoms with E-state index in [1.807, 2.05) is 5.38 Å². The topological polar surface area (TPSA) is 98.2 Å². The Morgan fingerprint density at radius 2 is 2.32 bits per heavy atom. The lowest BCUT2D eigenvalue weighted by Crippen LogP contribution is -2.25. The van der Waals surface area contributed by atoms with Crippen molar-refractivity contribution in [3.63, 3.8) is 0 Å². The molecule has 0 aliphatic heterocycles. The van der Waals surface area contributed by atoms with Crippen molar-refractivity contribution in [3.05, 3.63) is 33.1 Å².